The van der Waals surface area contributed by atoms with Crippen molar-refractivity contribution in [1.29, 1.82) is 0 Å². The minimum absolute atomic E-state index is 0.0222. The number of carbonyl (C=O) groups excluding carboxylic acids is 1. The number of imidazole rings is 1. The predicted octanol–water partition coefficient (Wildman–Crippen LogP) is 5.26. The van der Waals surface area contributed by atoms with Gasteiger partial charge in [0, 0.05) is 11.6 Å². The van der Waals surface area contributed by atoms with Gasteiger partial charge in [0.25, 0.3) is 0 Å². The molecular weight excluding hydrogens is 402 g/mol. The van der Waals surface area contributed by atoms with E-state index in [1.165, 1.54) is 22.3 Å². The van der Waals surface area contributed by atoms with Crippen LogP contribution in [0.3, 0.4) is 0 Å². The lowest BCUT2D eigenvalue weighted by Crippen LogP contribution is -2.17. The number of carbonyl (C=O) groups is 1. The van der Waals surface area contributed by atoms with Crippen molar-refractivity contribution < 1.29 is 14.6 Å². The van der Waals surface area contributed by atoms with Crippen molar-refractivity contribution in [2.45, 2.75) is 25.8 Å². The minimum Gasteiger partial charge on any atom is -0.448 e. The van der Waals surface area contributed by atoms with Crippen LogP contribution in [0.4, 0.5) is 10.5 Å². The van der Waals surface area contributed by atoms with Crippen LogP contribution in [0.5, 0.6) is 0 Å². The molecule has 1 amide bonds. The van der Waals surface area contributed by atoms with Gasteiger partial charge in [0.05, 0.1) is 23.7 Å². The molecule has 1 aromatic heterocycles. The number of aliphatic hydroxyl groups is 1. The highest BCUT2D eigenvalue weighted by Crippen LogP contribution is 2.44. The molecule has 1 heterocycles. The molecule has 1 aliphatic rings. The second-order valence-corrected chi connectivity index (χ2v) is 8.21. The molecule has 1 atom stereocenters. The molecule has 162 valence electrons. The molecule has 0 fully saturated rings. The average Bonchev–Trinajstić information content (AvgIpc) is 3.31. The van der Waals surface area contributed by atoms with Gasteiger partial charge in [0.1, 0.15) is 12.4 Å². The highest BCUT2D eigenvalue weighted by Gasteiger charge is 2.29. The van der Waals surface area contributed by atoms with Crippen LogP contribution in [0, 0.1) is 6.92 Å². The number of aryl methyl sites for hydroxylation is 1. The summed E-state index contributed by atoms with van der Waals surface area (Å²) in [6.45, 7) is 4.15. The molecule has 1 aliphatic carbocycles. The summed E-state index contributed by atoms with van der Waals surface area (Å²) in [4.78, 5) is 17.1. The number of benzene rings is 3. The summed E-state index contributed by atoms with van der Waals surface area (Å²) < 4.78 is 7.62. The fraction of sp³-hybridized carbons (Fsp3) is 0.231. The number of hydrogen-bond acceptors (Lipinski definition) is 4. The second kappa shape index (κ2) is 8.13. The molecule has 0 saturated heterocycles. The van der Waals surface area contributed by atoms with Gasteiger partial charge in [0.2, 0.25) is 0 Å². The van der Waals surface area contributed by atoms with Crippen LogP contribution in [-0.4, -0.2) is 34.0 Å². The highest BCUT2D eigenvalue weighted by molar-refractivity contribution is 5.89. The maximum absolute atomic E-state index is 12.6. The molecule has 0 spiro atoms. The van der Waals surface area contributed by atoms with E-state index in [0.717, 1.165) is 16.9 Å². The first-order valence-corrected chi connectivity index (χ1v) is 10.8. The normalized spacial score (nSPS) is 13.6. The van der Waals surface area contributed by atoms with Crippen LogP contribution in [0.15, 0.2) is 66.7 Å². The van der Waals surface area contributed by atoms with Gasteiger partial charge in [-0.05, 0) is 54.3 Å². The number of aromatic nitrogens is 2. The molecule has 5 rings (SSSR count). The highest BCUT2D eigenvalue weighted by atomic mass is 16.5. The number of anilines is 1. The topological polar surface area (TPSA) is 76.4 Å². The lowest BCUT2D eigenvalue weighted by atomic mass is 9.98. The van der Waals surface area contributed by atoms with E-state index in [1.54, 1.807) is 0 Å². The summed E-state index contributed by atoms with van der Waals surface area (Å²) in [6, 6.07) is 22.0. The first kappa shape index (κ1) is 20.3. The van der Waals surface area contributed by atoms with Crippen molar-refractivity contribution in [1.82, 2.24) is 9.55 Å². The van der Waals surface area contributed by atoms with E-state index in [9.17, 15) is 9.90 Å². The van der Waals surface area contributed by atoms with Gasteiger partial charge < -0.3 is 14.4 Å². The molecule has 1 unspecified atom stereocenters. The van der Waals surface area contributed by atoms with Crippen molar-refractivity contribution in [3.05, 3.63) is 83.7 Å². The number of amides is 1. The van der Waals surface area contributed by atoms with E-state index in [2.05, 4.69) is 34.6 Å². The fourth-order valence-corrected chi connectivity index (χ4v) is 4.69. The van der Waals surface area contributed by atoms with Crippen LogP contribution in [0.1, 0.15) is 35.8 Å². The van der Waals surface area contributed by atoms with Crippen molar-refractivity contribution in [3.8, 4) is 11.1 Å². The SMILES string of the molecule is Cc1nc2cc(NC(=O)OCC3c4ccccc4-c4ccccc43)ccc2n1C(C)CO. The average molecular weight is 428 g/mol. The molecule has 6 nitrogen and oxygen atoms in total. The zero-order valence-electron chi connectivity index (χ0n) is 18.1. The Morgan fingerprint density at radius 1 is 1.09 bits per heavy atom. The summed E-state index contributed by atoms with van der Waals surface area (Å²) >= 11 is 0. The Morgan fingerprint density at radius 2 is 1.75 bits per heavy atom. The second-order valence-electron chi connectivity index (χ2n) is 8.21. The largest absolute Gasteiger partial charge is 0.448 e. The van der Waals surface area contributed by atoms with E-state index < -0.39 is 6.09 Å². The van der Waals surface area contributed by atoms with Crippen molar-refractivity contribution in [2.75, 3.05) is 18.5 Å². The molecular formula is C26H25N3O3. The van der Waals surface area contributed by atoms with Gasteiger partial charge >= 0.3 is 6.09 Å². The van der Waals surface area contributed by atoms with Crippen LogP contribution >= 0.6 is 0 Å². The zero-order chi connectivity index (χ0) is 22.2. The molecule has 0 radical (unpaired) electrons. The van der Waals surface area contributed by atoms with Crippen LogP contribution in [-0.2, 0) is 4.74 Å². The molecule has 0 bridgehead atoms. The number of ether oxygens (including phenoxy) is 1. The van der Waals surface area contributed by atoms with Gasteiger partial charge in [-0.25, -0.2) is 9.78 Å². The standard InChI is InChI=1S/C26H25N3O3/c1-16(14-30)29-17(2)27-24-13-18(11-12-25(24)29)28-26(31)32-15-23-21-9-5-3-7-19(21)20-8-4-6-10-22(20)23/h3-13,16,23,30H,14-15H2,1-2H3,(H,28,31). The van der Waals surface area contributed by atoms with E-state index in [1.807, 2.05) is 60.9 Å². The lowest BCUT2D eigenvalue weighted by molar-refractivity contribution is 0.158. The molecule has 6 heteroatoms. The number of hydrogen-bond donors (Lipinski definition) is 2. The summed E-state index contributed by atoms with van der Waals surface area (Å²) in [6.07, 6.45) is -0.494. The Morgan fingerprint density at radius 3 is 2.41 bits per heavy atom. The molecule has 32 heavy (non-hydrogen) atoms. The Bertz CT molecular complexity index is 1270. The number of nitrogens with one attached hydrogen (secondary N) is 1. The Hall–Kier alpha value is -3.64. The van der Waals surface area contributed by atoms with Crippen LogP contribution in [0.25, 0.3) is 22.2 Å². The summed E-state index contributed by atoms with van der Waals surface area (Å²) in [5, 5.41) is 12.3. The van der Waals surface area contributed by atoms with Crippen LogP contribution < -0.4 is 5.32 Å². The maximum atomic E-state index is 12.6. The summed E-state index contributed by atoms with van der Waals surface area (Å²) in [5.74, 6) is 0.841. The van der Waals surface area contributed by atoms with Gasteiger partial charge in [-0.2, -0.15) is 0 Å². The molecule has 0 saturated carbocycles. The first-order valence-electron chi connectivity index (χ1n) is 10.8. The number of rotatable bonds is 5. The van der Waals surface area contributed by atoms with Crippen LogP contribution in [0.2, 0.25) is 0 Å². The summed E-state index contributed by atoms with van der Waals surface area (Å²) in [7, 11) is 0. The Kier molecular flexibility index (Phi) is 5.15. The third-order valence-electron chi connectivity index (χ3n) is 6.16. The van der Waals surface area contributed by atoms with Crippen molar-refractivity contribution in [2.24, 2.45) is 0 Å². The first-order chi connectivity index (χ1) is 15.6. The Labute approximate surface area is 186 Å². The third kappa shape index (κ3) is 3.42. The van der Waals surface area contributed by atoms with E-state index in [-0.39, 0.29) is 25.2 Å². The monoisotopic (exact) mass is 427 g/mol. The van der Waals surface area contributed by atoms with Crippen molar-refractivity contribution >= 4 is 22.8 Å². The number of fused-ring (bicyclic) bond motifs is 4. The fourth-order valence-electron chi connectivity index (χ4n) is 4.69. The van der Waals surface area contributed by atoms with E-state index in [0.29, 0.717) is 5.69 Å². The maximum Gasteiger partial charge on any atom is 0.411 e. The number of nitrogens with zero attached hydrogens (tertiary/aromatic N) is 2. The molecule has 2 N–H and O–H groups in total. The summed E-state index contributed by atoms with van der Waals surface area (Å²) in [5.41, 5.74) is 7.07. The smallest absolute Gasteiger partial charge is 0.411 e. The van der Waals surface area contributed by atoms with Gasteiger partial charge in [-0.1, -0.05) is 48.5 Å². The third-order valence-corrected chi connectivity index (χ3v) is 6.16. The predicted molar refractivity (Wildman–Crippen MR) is 125 cm³/mol. The number of aliphatic hydroxyl groups excluding tert-OH is 1. The minimum atomic E-state index is -0.494. The lowest BCUT2D eigenvalue weighted by Gasteiger charge is -2.15. The molecule has 4 aromatic rings. The van der Waals surface area contributed by atoms with Crippen molar-refractivity contribution in [3.63, 3.8) is 0 Å². The Balaban J connectivity index is 1.31. The van der Waals surface area contributed by atoms with E-state index >= 15 is 0 Å². The van der Waals surface area contributed by atoms with E-state index in [4.69, 9.17) is 4.74 Å². The quantitative estimate of drug-likeness (QED) is 0.456. The van der Waals surface area contributed by atoms with Gasteiger partial charge in [-0.3, -0.25) is 5.32 Å². The zero-order valence-corrected chi connectivity index (χ0v) is 18.1. The van der Waals surface area contributed by atoms with Gasteiger partial charge in [-0.15, -0.1) is 0 Å². The molecule has 3 aromatic carbocycles. The molecule has 0 aliphatic heterocycles. The van der Waals surface area contributed by atoms with Gasteiger partial charge in [0.15, 0.2) is 0 Å².